The van der Waals surface area contributed by atoms with Crippen LogP contribution in [0.25, 0.3) is 0 Å². The number of rotatable bonds is 4. The van der Waals surface area contributed by atoms with E-state index < -0.39 is 11.8 Å². The van der Waals surface area contributed by atoms with E-state index in [2.05, 4.69) is 10.3 Å². The van der Waals surface area contributed by atoms with Crippen LogP contribution in [0, 0.1) is 23.2 Å². The monoisotopic (exact) mass is 229 g/mol. The Morgan fingerprint density at radius 3 is 2.59 bits per heavy atom. The Balaban J connectivity index is 2.03. The lowest BCUT2D eigenvalue weighted by Crippen LogP contribution is -2.29. The van der Waals surface area contributed by atoms with Crippen molar-refractivity contribution in [2.75, 3.05) is 5.32 Å². The summed E-state index contributed by atoms with van der Waals surface area (Å²) in [5.41, 5.74) is 0.536. The predicted molar refractivity (Wildman–Crippen MR) is 59.7 cm³/mol. The highest BCUT2D eigenvalue weighted by Gasteiger charge is 2.38. The van der Waals surface area contributed by atoms with Crippen LogP contribution >= 0.6 is 0 Å². The maximum atomic E-state index is 11.7. The minimum Gasteiger partial charge on any atom is -0.324 e. The molecule has 0 saturated heterocycles. The first kappa shape index (κ1) is 11.3. The van der Waals surface area contributed by atoms with Crippen LogP contribution in [-0.2, 0) is 9.59 Å². The third-order valence-electron chi connectivity index (χ3n) is 2.60. The number of aromatic nitrogens is 1. The van der Waals surface area contributed by atoms with Gasteiger partial charge in [0.05, 0.1) is 6.07 Å². The van der Waals surface area contributed by atoms with E-state index in [1.165, 1.54) is 12.4 Å². The maximum absolute atomic E-state index is 11.7. The summed E-state index contributed by atoms with van der Waals surface area (Å²) < 4.78 is 0. The van der Waals surface area contributed by atoms with Crippen molar-refractivity contribution in [1.82, 2.24) is 4.98 Å². The van der Waals surface area contributed by atoms with Crippen molar-refractivity contribution in [3.05, 3.63) is 24.5 Å². The molecule has 86 valence electrons. The summed E-state index contributed by atoms with van der Waals surface area (Å²) in [5.74, 6) is -2.12. The Labute approximate surface area is 98.5 Å². The Morgan fingerprint density at radius 1 is 1.41 bits per heavy atom. The molecule has 1 saturated carbocycles. The molecule has 5 heteroatoms. The van der Waals surface area contributed by atoms with Crippen molar-refractivity contribution in [1.29, 1.82) is 5.26 Å². The normalized spacial score (nSPS) is 15.7. The molecule has 1 heterocycles. The van der Waals surface area contributed by atoms with Gasteiger partial charge in [0, 0.05) is 24.0 Å². The van der Waals surface area contributed by atoms with E-state index >= 15 is 0 Å². The van der Waals surface area contributed by atoms with Gasteiger partial charge in [-0.3, -0.25) is 14.6 Å². The highest BCUT2D eigenvalue weighted by atomic mass is 16.2. The molecule has 1 aliphatic rings. The lowest BCUT2D eigenvalue weighted by molar-refractivity contribution is -0.129. The van der Waals surface area contributed by atoms with Gasteiger partial charge in [-0.15, -0.1) is 0 Å². The summed E-state index contributed by atoms with van der Waals surface area (Å²) in [7, 11) is 0. The number of carbonyl (C=O) groups is 2. The molecule has 1 aromatic rings. The first-order valence-electron chi connectivity index (χ1n) is 5.36. The zero-order valence-corrected chi connectivity index (χ0v) is 9.09. The fourth-order valence-corrected chi connectivity index (χ4v) is 1.50. The topological polar surface area (TPSA) is 82.8 Å². The van der Waals surface area contributed by atoms with Crippen LogP contribution in [0.15, 0.2) is 24.5 Å². The number of hydrogen-bond donors (Lipinski definition) is 1. The van der Waals surface area contributed by atoms with Gasteiger partial charge in [-0.2, -0.15) is 5.26 Å². The second-order valence-electron chi connectivity index (χ2n) is 3.96. The molecular formula is C12H11N3O2. The number of ketones is 1. The fraction of sp³-hybridized carbons (Fsp3) is 0.333. The number of nitriles is 1. The SMILES string of the molecule is N#CC(C(=O)Nc1ccncc1)C(=O)C1CC1. The van der Waals surface area contributed by atoms with Crippen LogP contribution in [0.1, 0.15) is 12.8 Å². The summed E-state index contributed by atoms with van der Waals surface area (Å²) in [6, 6.07) is 4.98. The quantitative estimate of drug-likeness (QED) is 0.785. The number of carbonyl (C=O) groups excluding carboxylic acids is 2. The van der Waals surface area contributed by atoms with Crippen LogP contribution < -0.4 is 5.32 Å². The third kappa shape index (κ3) is 2.67. The van der Waals surface area contributed by atoms with E-state index in [9.17, 15) is 9.59 Å². The maximum Gasteiger partial charge on any atom is 0.249 e. The van der Waals surface area contributed by atoms with Gasteiger partial charge in [0.15, 0.2) is 11.7 Å². The molecule has 0 radical (unpaired) electrons. The molecule has 0 spiro atoms. The second kappa shape index (κ2) is 4.74. The van der Waals surface area contributed by atoms with Gasteiger partial charge in [-0.1, -0.05) is 0 Å². The Bertz CT molecular complexity index is 474. The van der Waals surface area contributed by atoms with Gasteiger partial charge in [-0.25, -0.2) is 0 Å². The van der Waals surface area contributed by atoms with Gasteiger partial charge < -0.3 is 5.32 Å². The first-order chi connectivity index (χ1) is 8.22. The van der Waals surface area contributed by atoms with Crippen molar-refractivity contribution in [2.45, 2.75) is 12.8 Å². The molecule has 1 unspecified atom stereocenters. The van der Waals surface area contributed by atoms with Crippen LogP contribution in [0.2, 0.25) is 0 Å². The number of anilines is 1. The predicted octanol–water partition coefficient (Wildman–Crippen LogP) is 1.14. The standard InChI is InChI=1S/C12H11N3O2/c13-7-10(11(16)8-1-2-8)12(17)15-9-3-5-14-6-4-9/h3-6,8,10H,1-2H2,(H,14,15,17). The summed E-state index contributed by atoms with van der Waals surface area (Å²) in [4.78, 5) is 27.2. The molecule has 1 amide bonds. The van der Waals surface area contributed by atoms with E-state index in [1.807, 2.05) is 0 Å². The smallest absolute Gasteiger partial charge is 0.249 e. The van der Waals surface area contributed by atoms with Gasteiger partial charge in [0.25, 0.3) is 0 Å². The summed E-state index contributed by atoms with van der Waals surface area (Å²) in [6.07, 6.45) is 4.64. The molecular weight excluding hydrogens is 218 g/mol. The number of nitrogens with one attached hydrogen (secondary N) is 1. The summed E-state index contributed by atoms with van der Waals surface area (Å²) in [6.45, 7) is 0. The summed E-state index contributed by atoms with van der Waals surface area (Å²) in [5, 5.41) is 11.4. The number of nitrogens with zero attached hydrogens (tertiary/aromatic N) is 2. The Hall–Kier alpha value is -2.22. The number of Topliss-reactive ketones (excluding diaryl/α,β-unsaturated/α-hetero) is 1. The lowest BCUT2D eigenvalue weighted by atomic mass is 10.0. The zero-order chi connectivity index (χ0) is 12.3. The molecule has 1 aromatic heterocycles. The molecule has 0 bridgehead atoms. The molecule has 1 aliphatic carbocycles. The van der Waals surface area contributed by atoms with Crippen LogP contribution in [-0.4, -0.2) is 16.7 Å². The molecule has 2 rings (SSSR count). The minimum atomic E-state index is -1.20. The van der Waals surface area contributed by atoms with Crippen LogP contribution in [0.3, 0.4) is 0 Å². The van der Waals surface area contributed by atoms with E-state index in [0.29, 0.717) is 5.69 Å². The van der Waals surface area contributed by atoms with E-state index in [-0.39, 0.29) is 11.7 Å². The number of pyridine rings is 1. The fourth-order valence-electron chi connectivity index (χ4n) is 1.50. The molecule has 1 fully saturated rings. The Kier molecular flexibility index (Phi) is 3.15. The lowest BCUT2D eigenvalue weighted by Gasteiger charge is -2.08. The molecule has 5 nitrogen and oxygen atoms in total. The highest BCUT2D eigenvalue weighted by Crippen LogP contribution is 2.32. The van der Waals surface area contributed by atoms with Crippen molar-refractivity contribution in [2.24, 2.45) is 11.8 Å². The number of hydrogen-bond acceptors (Lipinski definition) is 4. The minimum absolute atomic E-state index is 0.0946. The first-order valence-corrected chi connectivity index (χ1v) is 5.36. The molecule has 17 heavy (non-hydrogen) atoms. The van der Waals surface area contributed by atoms with E-state index in [0.717, 1.165) is 12.8 Å². The molecule has 0 aliphatic heterocycles. The van der Waals surface area contributed by atoms with Crippen molar-refractivity contribution in [3.63, 3.8) is 0 Å². The van der Waals surface area contributed by atoms with E-state index in [4.69, 9.17) is 5.26 Å². The zero-order valence-electron chi connectivity index (χ0n) is 9.09. The van der Waals surface area contributed by atoms with Gasteiger partial charge in [0.1, 0.15) is 0 Å². The average molecular weight is 229 g/mol. The van der Waals surface area contributed by atoms with Crippen molar-refractivity contribution in [3.8, 4) is 6.07 Å². The van der Waals surface area contributed by atoms with Gasteiger partial charge in [-0.05, 0) is 25.0 Å². The molecule has 1 atom stereocenters. The largest absolute Gasteiger partial charge is 0.324 e. The average Bonchev–Trinajstić information content (AvgIpc) is 3.15. The van der Waals surface area contributed by atoms with Crippen molar-refractivity contribution < 1.29 is 9.59 Å². The van der Waals surface area contributed by atoms with Gasteiger partial charge >= 0.3 is 0 Å². The van der Waals surface area contributed by atoms with E-state index in [1.54, 1.807) is 18.2 Å². The highest BCUT2D eigenvalue weighted by molar-refractivity contribution is 6.10. The summed E-state index contributed by atoms with van der Waals surface area (Å²) >= 11 is 0. The van der Waals surface area contributed by atoms with Crippen LogP contribution in [0.4, 0.5) is 5.69 Å². The number of amides is 1. The molecule has 1 N–H and O–H groups in total. The molecule has 0 aromatic carbocycles. The third-order valence-corrected chi connectivity index (χ3v) is 2.60. The Morgan fingerprint density at radius 2 is 2.06 bits per heavy atom. The van der Waals surface area contributed by atoms with Crippen molar-refractivity contribution >= 4 is 17.4 Å². The van der Waals surface area contributed by atoms with Gasteiger partial charge in [0.2, 0.25) is 5.91 Å². The second-order valence-corrected chi connectivity index (χ2v) is 3.96. The van der Waals surface area contributed by atoms with Crippen LogP contribution in [0.5, 0.6) is 0 Å².